The number of rotatable bonds is 9. The van der Waals surface area contributed by atoms with Gasteiger partial charge in [-0.25, -0.2) is 13.1 Å². The number of sulfonamides is 1. The van der Waals surface area contributed by atoms with Gasteiger partial charge in [-0.2, -0.15) is 0 Å². The molecule has 3 rings (SSSR count). The summed E-state index contributed by atoms with van der Waals surface area (Å²) >= 11 is 0. The zero-order valence-electron chi connectivity index (χ0n) is 20.0. The van der Waals surface area contributed by atoms with E-state index >= 15 is 0 Å². The standard InChI is InChI=1S/C19H35NO17S/c1-33-17-13(28)10(25)8(23)5(34-17)2-20-38(31,32)19-15(30)12(27)16(7(4-22)36-19)37-18-14(29)11(26)9(24)6(3-21)35-18/h5-30H,2-4H2,1H3/t5-,6-,7-,8-,9+,10+,11+,12-,13-,14-,15-,16-,17+,18+,19+/m1/s1. The molecule has 0 aromatic heterocycles. The summed E-state index contributed by atoms with van der Waals surface area (Å²) in [4.78, 5) is 0. The number of aliphatic hydroxyl groups is 10. The molecule has 0 bridgehead atoms. The molecule has 0 unspecified atom stereocenters. The maximum absolute atomic E-state index is 12.9. The molecule has 38 heavy (non-hydrogen) atoms. The van der Waals surface area contributed by atoms with E-state index in [0.29, 0.717) is 0 Å². The van der Waals surface area contributed by atoms with Crippen LogP contribution in [0.3, 0.4) is 0 Å². The molecule has 0 aromatic carbocycles. The van der Waals surface area contributed by atoms with Gasteiger partial charge in [0, 0.05) is 13.7 Å². The highest BCUT2D eigenvalue weighted by molar-refractivity contribution is 7.90. The lowest BCUT2D eigenvalue weighted by Crippen LogP contribution is -2.66. The minimum Gasteiger partial charge on any atom is -0.394 e. The minimum absolute atomic E-state index is 0.690. The summed E-state index contributed by atoms with van der Waals surface area (Å²) in [5.74, 6) is 0. The van der Waals surface area contributed by atoms with Crippen molar-refractivity contribution >= 4 is 10.0 Å². The van der Waals surface area contributed by atoms with E-state index in [1.54, 1.807) is 0 Å². The van der Waals surface area contributed by atoms with E-state index in [9.17, 15) is 59.5 Å². The van der Waals surface area contributed by atoms with E-state index in [2.05, 4.69) is 0 Å². The molecule has 0 radical (unpaired) electrons. The molecule has 3 heterocycles. The van der Waals surface area contributed by atoms with Crippen LogP contribution in [0.2, 0.25) is 0 Å². The number of nitrogens with one attached hydrogen (secondary N) is 1. The summed E-state index contributed by atoms with van der Waals surface area (Å²) in [6, 6.07) is 0. The minimum atomic E-state index is -4.69. The zero-order valence-corrected chi connectivity index (χ0v) is 20.8. The highest BCUT2D eigenvalue weighted by Crippen LogP contribution is 2.31. The average molecular weight is 582 g/mol. The summed E-state index contributed by atoms with van der Waals surface area (Å²) in [6.07, 6.45) is -24.1. The van der Waals surface area contributed by atoms with Crippen molar-refractivity contribution in [2.75, 3.05) is 26.9 Å². The first-order chi connectivity index (χ1) is 17.8. The fourth-order valence-electron chi connectivity index (χ4n) is 4.37. The average Bonchev–Trinajstić information content (AvgIpc) is 2.89. The molecule has 0 spiro atoms. The number of hydrogen-bond acceptors (Lipinski definition) is 17. The maximum Gasteiger partial charge on any atom is 0.241 e. The maximum atomic E-state index is 12.9. The van der Waals surface area contributed by atoms with Crippen molar-refractivity contribution in [2.45, 2.75) is 91.3 Å². The second-order valence-corrected chi connectivity index (χ2v) is 11.0. The molecule has 19 heteroatoms. The second-order valence-electron chi connectivity index (χ2n) is 9.15. The van der Waals surface area contributed by atoms with E-state index in [-0.39, 0.29) is 0 Å². The third-order valence-electron chi connectivity index (χ3n) is 6.65. The quantitative estimate of drug-likeness (QED) is 0.120. The Balaban J connectivity index is 1.69. The smallest absolute Gasteiger partial charge is 0.241 e. The Morgan fingerprint density at radius 3 is 1.74 bits per heavy atom. The molecule has 0 aromatic rings. The van der Waals surface area contributed by atoms with Crippen LogP contribution in [-0.2, 0) is 33.7 Å². The fourth-order valence-corrected chi connectivity index (χ4v) is 5.75. The summed E-state index contributed by atoms with van der Waals surface area (Å²) in [7, 11) is -3.55. The Bertz CT molecular complexity index is 860. The van der Waals surface area contributed by atoms with Crippen LogP contribution in [0, 0.1) is 0 Å². The summed E-state index contributed by atoms with van der Waals surface area (Å²) in [5.41, 5.74) is -2.20. The largest absolute Gasteiger partial charge is 0.394 e. The van der Waals surface area contributed by atoms with Crippen molar-refractivity contribution in [3.63, 3.8) is 0 Å². The predicted octanol–water partition coefficient (Wildman–Crippen LogP) is -8.02. The van der Waals surface area contributed by atoms with E-state index in [1.807, 2.05) is 4.72 Å². The Hall–Kier alpha value is -0.690. The van der Waals surface area contributed by atoms with Gasteiger partial charge in [-0.05, 0) is 0 Å². The van der Waals surface area contributed by atoms with Gasteiger partial charge in [-0.15, -0.1) is 0 Å². The van der Waals surface area contributed by atoms with Crippen LogP contribution in [0.5, 0.6) is 0 Å². The first-order valence-electron chi connectivity index (χ1n) is 11.6. The van der Waals surface area contributed by atoms with Crippen molar-refractivity contribution in [3.05, 3.63) is 0 Å². The highest BCUT2D eigenvalue weighted by Gasteiger charge is 2.53. The molecule has 0 amide bonds. The first-order valence-corrected chi connectivity index (χ1v) is 13.1. The van der Waals surface area contributed by atoms with Gasteiger partial charge >= 0.3 is 0 Å². The molecule has 3 aliphatic heterocycles. The third kappa shape index (κ3) is 6.29. The summed E-state index contributed by atoms with van der Waals surface area (Å²) in [5, 5.41) is 100. The molecule has 224 valence electrons. The Kier molecular flexibility index (Phi) is 10.8. The van der Waals surface area contributed by atoms with Crippen molar-refractivity contribution < 1.29 is 83.2 Å². The van der Waals surface area contributed by atoms with Crippen molar-refractivity contribution in [1.82, 2.24) is 4.72 Å². The molecule has 18 nitrogen and oxygen atoms in total. The molecular formula is C19H35NO17S. The Labute approximate surface area is 216 Å². The topological polar surface area (TPSA) is 295 Å². The predicted molar refractivity (Wildman–Crippen MR) is 117 cm³/mol. The zero-order chi connectivity index (χ0) is 28.5. The first kappa shape index (κ1) is 31.8. The van der Waals surface area contributed by atoms with Crippen molar-refractivity contribution in [3.8, 4) is 0 Å². The lowest BCUT2D eigenvalue weighted by Gasteiger charge is -2.46. The van der Waals surface area contributed by atoms with Crippen LogP contribution >= 0.6 is 0 Å². The van der Waals surface area contributed by atoms with E-state index in [1.165, 1.54) is 0 Å². The molecule has 11 N–H and O–H groups in total. The van der Waals surface area contributed by atoms with Gasteiger partial charge in [0.2, 0.25) is 15.5 Å². The van der Waals surface area contributed by atoms with Gasteiger partial charge in [-0.1, -0.05) is 0 Å². The third-order valence-corrected chi connectivity index (χ3v) is 8.22. The molecular weight excluding hydrogens is 546 g/mol. The van der Waals surface area contributed by atoms with Crippen molar-refractivity contribution in [2.24, 2.45) is 0 Å². The molecule has 3 fully saturated rings. The van der Waals surface area contributed by atoms with Gasteiger partial charge in [0.05, 0.1) is 13.2 Å². The molecule has 0 saturated carbocycles. The SMILES string of the molecule is CO[C@H]1O[C@H](CNS(=O)(=O)[C@@H]2O[C@H](CO)[C@@H](O[C@@H]3O[C@H](CO)[C@H](O)[C@H](O)[C@H]3O)[C@H](O)[C@H]2O)[C@@H](O)[C@H](O)[C@H]1O. The monoisotopic (exact) mass is 581 g/mol. The Morgan fingerprint density at radius 1 is 0.658 bits per heavy atom. The van der Waals surface area contributed by atoms with Gasteiger partial charge in [0.1, 0.15) is 73.2 Å². The van der Waals surface area contributed by atoms with Crippen LogP contribution in [-0.4, -0.2) is 178 Å². The van der Waals surface area contributed by atoms with Crippen LogP contribution in [0.1, 0.15) is 0 Å². The number of hydrogen-bond donors (Lipinski definition) is 11. The van der Waals surface area contributed by atoms with Crippen LogP contribution in [0.4, 0.5) is 0 Å². The number of ether oxygens (including phenoxy) is 5. The molecule has 0 aliphatic carbocycles. The molecule has 15 atom stereocenters. The lowest BCUT2D eigenvalue weighted by atomic mass is 9.97. The van der Waals surface area contributed by atoms with Gasteiger partial charge < -0.3 is 74.7 Å². The van der Waals surface area contributed by atoms with E-state index in [4.69, 9.17) is 23.7 Å². The lowest BCUT2D eigenvalue weighted by molar-refractivity contribution is -0.338. The molecule has 3 saturated heterocycles. The van der Waals surface area contributed by atoms with Gasteiger partial charge in [-0.3, -0.25) is 0 Å². The number of aliphatic hydroxyl groups excluding tert-OH is 10. The highest BCUT2D eigenvalue weighted by atomic mass is 32.2. The van der Waals surface area contributed by atoms with Crippen LogP contribution in [0.15, 0.2) is 0 Å². The van der Waals surface area contributed by atoms with E-state index in [0.717, 1.165) is 7.11 Å². The van der Waals surface area contributed by atoms with Gasteiger partial charge in [0.25, 0.3) is 0 Å². The van der Waals surface area contributed by atoms with Gasteiger partial charge in [0.15, 0.2) is 12.6 Å². The molecule has 3 aliphatic rings. The normalized spacial score (nSPS) is 48.7. The second kappa shape index (κ2) is 12.9. The summed E-state index contributed by atoms with van der Waals surface area (Å²) in [6.45, 7) is -2.43. The van der Waals surface area contributed by atoms with Crippen LogP contribution < -0.4 is 4.72 Å². The summed E-state index contributed by atoms with van der Waals surface area (Å²) < 4.78 is 53.7. The Morgan fingerprint density at radius 2 is 1.18 bits per heavy atom. The van der Waals surface area contributed by atoms with Crippen molar-refractivity contribution in [1.29, 1.82) is 0 Å². The fraction of sp³-hybridized carbons (Fsp3) is 1.00. The van der Waals surface area contributed by atoms with E-state index < -0.39 is 121 Å². The number of methoxy groups -OCH3 is 1. The van der Waals surface area contributed by atoms with Crippen LogP contribution in [0.25, 0.3) is 0 Å².